The van der Waals surface area contributed by atoms with Gasteiger partial charge in [-0.25, -0.2) is 0 Å². The Morgan fingerprint density at radius 2 is 2.18 bits per heavy atom. The molecule has 0 fully saturated rings. The topological polar surface area (TPSA) is 51.7 Å². The lowest BCUT2D eigenvalue weighted by molar-refractivity contribution is 0.813. The molecule has 0 saturated carbocycles. The van der Waals surface area contributed by atoms with Crippen molar-refractivity contribution in [2.75, 3.05) is 0 Å². The van der Waals surface area contributed by atoms with Gasteiger partial charge in [0.15, 0.2) is 0 Å². The van der Waals surface area contributed by atoms with Gasteiger partial charge < -0.3 is 0 Å². The fraction of sp³-hybridized carbons (Fsp3) is 0. The molecule has 11 heavy (non-hydrogen) atoms. The third-order valence-corrected chi connectivity index (χ3v) is 1.31. The predicted molar refractivity (Wildman–Crippen MR) is 41.4 cm³/mol. The Morgan fingerprint density at radius 3 is 2.82 bits per heavy atom. The molecule has 0 atom stereocenters. The molecule has 1 aromatic heterocycles. The average Bonchev–Trinajstić information content (AvgIpc) is 2.58. The largest absolute Gasteiger partial charge is 0.254 e. The molecule has 0 N–H and O–H groups in total. The van der Waals surface area contributed by atoms with Gasteiger partial charge >= 0.3 is 0 Å². The van der Waals surface area contributed by atoms with Gasteiger partial charge in [-0.15, -0.1) is 10.2 Å². The molecule has 0 amide bonds. The quantitative estimate of drug-likeness (QED) is 0.564. The van der Waals surface area contributed by atoms with Crippen molar-refractivity contribution < 1.29 is 0 Å². The van der Waals surface area contributed by atoms with Crippen LogP contribution in [0, 0.1) is 0 Å². The maximum Gasteiger partial charge on any atom is 0.133 e. The van der Waals surface area contributed by atoms with Crippen molar-refractivity contribution in [3.63, 3.8) is 0 Å². The SMILES string of the molecule is C1=N[N]N=C1c1ccccn1. The summed E-state index contributed by atoms with van der Waals surface area (Å²) in [5.74, 6) is 0. The number of aromatic nitrogens is 1. The van der Waals surface area contributed by atoms with E-state index in [1.54, 1.807) is 12.4 Å². The summed E-state index contributed by atoms with van der Waals surface area (Å²) in [7, 11) is 0. The second-order valence-corrected chi connectivity index (χ2v) is 2.03. The first kappa shape index (κ1) is 6.03. The van der Waals surface area contributed by atoms with Crippen LogP contribution in [0.1, 0.15) is 5.69 Å². The van der Waals surface area contributed by atoms with Crippen molar-refractivity contribution >= 4 is 11.9 Å². The Bertz CT molecular complexity index is 301. The molecule has 2 heterocycles. The first-order valence-electron chi connectivity index (χ1n) is 3.19. The summed E-state index contributed by atoms with van der Waals surface area (Å²) in [5.41, 5.74) is 4.98. The van der Waals surface area contributed by atoms with Gasteiger partial charge in [0.05, 0.1) is 11.9 Å². The first-order valence-corrected chi connectivity index (χ1v) is 3.19. The van der Waals surface area contributed by atoms with Crippen LogP contribution in [0.15, 0.2) is 34.6 Å². The lowest BCUT2D eigenvalue weighted by atomic mass is 10.2. The Labute approximate surface area is 63.7 Å². The van der Waals surface area contributed by atoms with Gasteiger partial charge in [0.1, 0.15) is 5.71 Å². The van der Waals surface area contributed by atoms with E-state index in [0.29, 0.717) is 5.71 Å². The average molecular weight is 145 g/mol. The van der Waals surface area contributed by atoms with Gasteiger partial charge in [-0.3, -0.25) is 4.98 Å². The zero-order chi connectivity index (χ0) is 7.52. The third-order valence-electron chi connectivity index (χ3n) is 1.31. The molecule has 4 nitrogen and oxygen atoms in total. The minimum Gasteiger partial charge on any atom is -0.254 e. The summed E-state index contributed by atoms with van der Waals surface area (Å²) in [6, 6.07) is 5.62. The minimum absolute atomic E-state index is 0.714. The van der Waals surface area contributed by atoms with Gasteiger partial charge in [0.25, 0.3) is 0 Å². The van der Waals surface area contributed by atoms with Crippen LogP contribution in [0.2, 0.25) is 0 Å². The second-order valence-electron chi connectivity index (χ2n) is 2.03. The van der Waals surface area contributed by atoms with E-state index in [9.17, 15) is 0 Å². The second kappa shape index (κ2) is 2.49. The van der Waals surface area contributed by atoms with E-state index in [2.05, 4.69) is 20.7 Å². The van der Waals surface area contributed by atoms with Crippen molar-refractivity contribution in [1.29, 1.82) is 0 Å². The lowest BCUT2D eigenvalue weighted by Gasteiger charge is -1.91. The monoisotopic (exact) mass is 145 g/mol. The van der Waals surface area contributed by atoms with Gasteiger partial charge in [0.2, 0.25) is 0 Å². The van der Waals surface area contributed by atoms with Gasteiger partial charge in [-0.1, -0.05) is 6.07 Å². The summed E-state index contributed by atoms with van der Waals surface area (Å²) < 4.78 is 0. The van der Waals surface area contributed by atoms with Crippen LogP contribution in [0.5, 0.6) is 0 Å². The van der Waals surface area contributed by atoms with Gasteiger partial charge in [-0.05, 0) is 17.7 Å². The highest BCUT2D eigenvalue weighted by atomic mass is 15.5. The van der Waals surface area contributed by atoms with E-state index in [0.717, 1.165) is 5.69 Å². The highest BCUT2D eigenvalue weighted by Gasteiger charge is 2.05. The molecule has 1 aromatic rings. The molecule has 1 aliphatic heterocycles. The Balaban J connectivity index is 2.37. The van der Waals surface area contributed by atoms with E-state index < -0.39 is 0 Å². The van der Waals surface area contributed by atoms with Gasteiger partial charge in [-0.2, -0.15) is 0 Å². The number of nitrogens with zero attached hydrogens (tertiary/aromatic N) is 4. The first-order chi connectivity index (χ1) is 5.47. The van der Waals surface area contributed by atoms with Crippen LogP contribution >= 0.6 is 0 Å². The lowest BCUT2D eigenvalue weighted by Crippen LogP contribution is -2.01. The van der Waals surface area contributed by atoms with Crippen molar-refractivity contribution in [3.05, 3.63) is 30.1 Å². The molecule has 0 spiro atoms. The summed E-state index contributed by atoms with van der Waals surface area (Å²) in [5, 5.41) is 7.36. The van der Waals surface area contributed by atoms with E-state index in [1.807, 2.05) is 18.2 Å². The predicted octanol–water partition coefficient (Wildman–Crippen LogP) is 0.389. The number of hydrogen-bond donors (Lipinski definition) is 0. The van der Waals surface area contributed by atoms with Crippen LogP contribution in [-0.2, 0) is 0 Å². The standard InChI is InChI=1S/C7H5N4/c1-2-4-8-6(3-1)7-5-9-11-10-7/h1-5H. The van der Waals surface area contributed by atoms with Crippen LogP contribution in [0.4, 0.5) is 0 Å². The Kier molecular flexibility index (Phi) is 1.37. The van der Waals surface area contributed by atoms with Crippen LogP contribution in [0.3, 0.4) is 0 Å². The molecule has 0 unspecified atom stereocenters. The van der Waals surface area contributed by atoms with E-state index in [1.165, 1.54) is 0 Å². The molecule has 0 saturated heterocycles. The third kappa shape index (κ3) is 1.10. The molecular formula is C7H5N4. The molecule has 1 radical (unpaired) electrons. The van der Waals surface area contributed by atoms with Crippen molar-refractivity contribution in [2.45, 2.75) is 0 Å². The van der Waals surface area contributed by atoms with Crippen LogP contribution in [-0.4, -0.2) is 16.9 Å². The number of pyridine rings is 1. The van der Waals surface area contributed by atoms with Crippen LogP contribution in [0.25, 0.3) is 0 Å². The summed E-state index contributed by atoms with van der Waals surface area (Å²) >= 11 is 0. The summed E-state index contributed by atoms with van der Waals surface area (Å²) in [6.45, 7) is 0. The summed E-state index contributed by atoms with van der Waals surface area (Å²) in [6.07, 6.45) is 3.30. The smallest absolute Gasteiger partial charge is 0.133 e. The Morgan fingerprint density at radius 1 is 1.18 bits per heavy atom. The zero-order valence-corrected chi connectivity index (χ0v) is 5.68. The van der Waals surface area contributed by atoms with Crippen molar-refractivity contribution in [1.82, 2.24) is 10.5 Å². The molecular weight excluding hydrogens is 140 g/mol. The van der Waals surface area contributed by atoms with Crippen LogP contribution < -0.4 is 5.53 Å². The highest BCUT2D eigenvalue weighted by Crippen LogP contribution is 1.97. The van der Waals surface area contributed by atoms with Crippen molar-refractivity contribution in [3.8, 4) is 0 Å². The molecule has 0 bridgehead atoms. The Hall–Kier alpha value is -1.71. The van der Waals surface area contributed by atoms with Gasteiger partial charge in [0, 0.05) is 6.20 Å². The number of hydrogen-bond acceptors (Lipinski definition) is 3. The van der Waals surface area contributed by atoms with Crippen molar-refractivity contribution in [2.24, 2.45) is 10.2 Å². The molecule has 2 rings (SSSR count). The fourth-order valence-electron chi connectivity index (χ4n) is 0.812. The highest BCUT2D eigenvalue weighted by molar-refractivity contribution is 6.38. The minimum atomic E-state index is 0.714. The van der Waals surface area contributed by atoms with E-state index >= 15 is 0 Å². The number of rotatable bonds is 1. The zero-order valence-electron chi connectivity index (χ0n) is 5.68. The van der Waals surface area contributed by atoms with E-state index in [4.69, 9.17) is 0 Å². The van der Waals surface area contributed by atoms with E-state index in [-0.39, 0.29) is 0 Å². The fourth-order valence-corrected chi connectivity index (χ4v) is 0.812. The normalized spacial score (nSPS) is 14.4. The molecule has 1 aliphatic rings. The summed E-state index contributed by atoms with van der Waals surface area (Å²) in [4.78, 5) is 4.08. The molecule has 0 aromatic carbocycles. The molecule has 0 aliphatic carbocycles. The molecule has 4 heteroatoms. The molecule has 53 valence electrons. The maximum absolute atomic E-state index is 4.08. The maximum atomic E-state index is 4.08.